The van der Waals surface area contributed by atoms with Crippen molar-refractivity contribution in [1.29, 1.82) is 0 Å². The van der Waals surface area contributed by atoms with Gasteiger partial charge in [0.2, 0.25) is 0 Å². The van der Waals surface area contributed by atoms with Gasteiger partial charge >= 0.3 is 0 Å². The molecule has 0 radical (unpaired) electrons. The van der Waals surface area contributed by atoms with Crippen LogP contribution in [-0.2, 0) is 0 Å². The monoisotopic (exact) mass is 434 g/mol. The highest BCUT2D eigenvalue weighted by molar-refractivity contribution is 6.34. The molecule has 0 aliphatic heterocycles. The number of rotatable bonds is 2. The first kappa shape index (κ1) is 17.8. The Morgan fingerprint density at radius 2 is 1.06 bits per heavy atom. The topological polar surface area (TPSA) is 18.7 Å². The summed E-state index contributed by atoms with van der Waals surface area (Å²) in [4.78, 5) is 0. The smallest absolute Gasteiger partial charge is 0.122 e. The highest BCUT2D eigenvalue weighted by Crippen LogP contribution is 2.34. The van der Waals surface area contributed by atoms with Crippen molar-refractivity contribution in [2.75, 3.05) is 0 Å². The van der Waals surface area contributed by atoms with Gasteiger partial charge in [-0.05, 0) is 48.9 Å². The Balaban J connectivity index is 1.49. The van der Waals surface area contributed by atoms with E-state index < -0.39 is 0 Å². The lowest BCUT2D eigenvalue weighted by molar-refractivity contribution is 1.07. The van der Waals surface area contributed by atoms with E-state index in [2.05, 4.69) is 122 Å². The van der Waals surface area contributed by atoms with Gasteiger partial charge in [-0.1, -0.05) is 48.0 Å². The number of para-hydroxylation sites is 2. The fourth-order valence-electron chi connectivity index (χ4n) is 4.91. The lowest BCUT2D eigenvalue weighted by atomic mass is 10.2. The first-order valence-electron chi connectivity index (χ1n) is 10.6. The second kappa shape index (κ2) is 6.31. The van der Waals surface area contributed by atoms with Gasteiger partial charge in [-0.25, -0.2) is 0 Å². The summed E-state index contributed by atoms with van der Waals surface area (Å²) in [5, 5.41) is 3.16. The van der Waals surface area contributed by atoms with E-state index in [4.69, 9.17) is 11.6 Å². The maximum Gasteiger partial charge on any atom is 0.122 e. The number of aromatic nitrogens is 4. The first-order valence-corrected chi connectivity index (χ1v) is 11.0. The molecule has 3 aromatic carbocycles. The molecular formula is C27H19ClN4. The first-order chi connectivity index (χ1) is 15.7. The average molecular weight is 435 g/mol. The summed E-state index contributed by atoms with van der Waals surface area (Å²) in [5.74, 6) is 0. The third kappa shape index (κ3) is 2.33. The molecular weight excluding hydrogens is 416 g/mol. The van der Waals surface area contributed by atoms with Crippen molar-refractivity contribution in [3.63, 3.8) is 0 Å². The Labute approximate surface area is 189 Å². The Kier molecular flexibility index (Phi) is 3.50. The van der Waals surface area contributed by atoms with Gasteiger partial charge in [0.25, 0.3) is 0 Å². The van der Waals surface area contributed by atoms with E-state index in [1.165, 1.54) is 21.8 Å². The van der Waals surface area contributed by atoms with Crippen LogP contribution in [0.1, 0.15) is 5.56 Å². The van der Waals surface area contributed by atoms with Crippen LogP contribution in [0.25, 0.3) is 44.5 Å². The Hall–Kier alpha value is -3.89. The Morgan fingerprint density at radius 1 is 0.594 bits per heavy atom. The standard InChI is InChI=1S/C27H19ClN4/c1-18-14-23(31-12-10-29-21-8-4-2-6-19(21)16-25(29)31)27(28)24(15-18)32-13-11-30-22-9-5-3-7-20(22)17-26(30)32/h2-17H,1H3. The number of aryl methyl sites for hydroxylation is 1. The second-order valence-electron chi connectivity index (χ2n) is 8.32. The van der Waals surface area contributed by atoms with Crippen molar-refractivity contribution in [3.8, 4) is 11.4 Å². The number of fused-ring (bicyclic) bond motifs is 6. The van der Waals surface area contributed by atoms with Crippen LogP contribution < -0.4 is 0 Å². The lowest BCUT2D eigenvalue weighted by Crippen LogP contribution is -2.01. The largest absolute Gasteiger partial charge is 0.301 e. The number of imidazole rings is 2. The minimum Gasteiger partial charge on any atom is -0.301 e. The van der Waals surface area contributed by atoms with Crippen molar-refractivity contribution in [1.82, 2.24) is 17.9 Å². The quantitative estimate of drug-likeness (QED) is 0.278. The summed E-state index contributed by atoms with van der Waals surface area (Å²) in [6.45, 7) is 2.12. The predicted octanol–water partition coefficient (Wildman–Crippen LogP) is 7.04. The number of hydrogen-bond donors (Lipinski definition) is 0. The second-order valence-corrected chi connectivity index (χ2v) is 8.69. The van der Waals surface area contributed by atoms with Crippen LogP contribution in [0.4, 0.5) is 0 Å². The Morgan fingerprint density at radius 3 is 1.56 bits per heavy atom. The molecule has 32 heavy (non-hydrogen) atoms. The minimum absolute atomic E-state index is 0.724. The molecule has 7 aromatic rings. The molecule has 0 amide bonds. The van der Waals surface area contributed by atoms with Gasteiger partial charge in [0.05, 0.1) is 27.4 Å². The van der Waals surface area contributed by atoms with E-state index in [0.29, 0.717) is 0 Å². The third-order valence-corrected chi connectivity index (χ3v) is 6.76. The number of benzene rings is 3. The molecule has 0 saturated carbocycles. The summed E-state index contributed by atoms with van der Waals surface area (Å²) >= 11 is 7.10. The molecule has 0 aliphatic rings. The van der Waals surface area contributed by atoms with Crippen molar-refractivity contribution >= 4 is 44.7 Å². The number of halogens is 1. The van der Waals surface area contributed by atoms with E-state index >= 15 is 0 Å². The lowest BCUT2D eigenvalue weighted by Gasteiger charge is -2.14. The molecule has 0 fully saturated rings. The average Bonchev–Trinajstić information content (AvgIpc) is 3.55. The summed E-state index contributed by atoms with van der Waals surface area (Å²) in [7, 11) is 0. The van der Waals surface area contributed by atoms with Crippen LogP contribution in [0.5, 0.6) is 0 Å². The molecule has 7 rings (SSSR count). The van der Waals surface area contributed by atoms with Crippen LogP contribution in [0, 0.1) is 6.92 Å². The Bertz CT molecular complexity index is 1680. The zero-order chi connectivity index (χ0) is 21.4. The van der Waals surface area contributed by atoms with Crippen LogP contribution in [0.3, 0.4) is 0 Å². The normalized spacial score (nSPS) is 12.1. The minimum atomic E-state index is 0.724. The maximum atomic E-state index is 7.10. The summed E-state index contributed by atoms with van der Waals surface area (Å²) in [5.41, 5.74) is 7.68. The molecule has 0 unspecified atom stereocenters. The molecule has 0 spiro atoms. The van der Waals surface area contributed by atoms with Crippen LogP contribution in [-0.4, -0.2) is 17.9 Å². The highest BCUT2D eigenvalue weighted by Gasteiger charge is 2.17. The summed E-state index contributed by atoms with van der Waals surface area (Å²) in [6, 6.07) is 25.6. The zero-order valence-corrected chi connectivity index (χ0v) is 18.2. The zero-order valence-electron chi connectivity index (χ0n) is 17.4. The molecule has 154 valence electrons. The van der Waals surface area contributed by atoms with Gasteiger partial charge in [-0.2, -0.15) is 0 Å². The number of nitrogens with zero attached hydrogens (tertiary/aromatic N) is 4. The van der Waals surface area contributed by atoms with Gasteiger partial charge in [0, 0.05) is 35.6 Å². The van der Waals surface area contributed by atoms with Gasteiger partial charge in [0.1, 0.15) is 11.3 Å². The van der Waals surface area contributed by atoms with E-state index in [9.17, 15) is 0 Å². The third-order valence-electron chi connectivity index (χ3n) is 6.38. The van der Waals surface area contributed by atoms with E-state index in [-0.39, 0.29) is 0 Å². The molecule has 0 N–H and O–H groups in total. The van der Waals surface area contributed by atoms with Crippen molar-refractivity contribution < 1.29 is 0 Å². The summed E-state index contributed by atoms with van der Waals surface area (Å²) in [6.07, 6.45) is 8.37. The van der Waals surface area contributed by atoms with Gasteiger partial charge in [-0.15, -0.1) is 0 Å². The molecule has 0 bridgehead atoms. The molecule has 4 aromatic heterocycles. The summed E-state index contributed by atoms with van der Waals surface area (Å²) < 4.78 is 8.77. The van der Waals surface area contributed by atoms with E-state index in [1.54, 1.807) is 0 Å². The van der Waals surface area contributed by atoms with Gasteiger partial charge in [0.15, 0.2) is 0 Å². The van der Waals surface area contributed by atoms with Crippen molar-refractivity contribution in [2.45, 2.75) is 6.92 Å². The van der Waals surface area contributed by atoms with Crippen molar-refractivity contribution in [3.05, 3.63) is 108 Å². The molecule has 4 nitrogen and oxygen atoms in total. The van der Waals surface area contributed by atoms with Gasteiger partial charge < -0.3 is 8.80 Å². The fraction of sp³-hybridized carbons (Fsp3) is 0.0370. The van der Waals surface area contributed by atoms with Crippen LogP contribution >= 0.6 is 11.6 Å². The predicted molar refractivity (Wildman–Crippen MR) is 132 cm³/mol. The van der Waals surface area contributed by atoms with Gasteiger partial charge in [-0.3, -0.25) is 9.13 Å². The SMILES string of the molecule is Cc1cc(-n2ccn3c4ccccc4cc23)c(Cl)c(-n2ccn3c4ccccc4cc23)c1. The van der Waals surface area contributed by atoms with E-state index in [0.717, 1.165) is 33.3 Å². The van der Waals surface area contributed by atoms with Crippen LogP contribution in [0.15, 0.2) is 97.6 Å². The maximum absolute atomic E-state index is 7.10. The highest BCUT2D eigenvalue weighted by atomic mass is 35.5. The molecule has 0 aliphatic carbocycles. The molecule has 0 saturated heterocycles. The number of hydrogen-bond acceptors (Lipinski definition) is 0. The van der Waals surface area contributed by atoms with Crippen molar-refractivity contribution in [2.24, 2.45) is 0 Å². The molecule has 0 atom stereocenters. The van der Waals surface area contributed by atoms with E-state index in [1.807, 2.05) is 0 Å². The fourth-order valence-corrected chi connectivity index (χ4v) is 5.21. The van der Waals surface area contributed by atoms with Crippen LogP contribution in [0.2, 0.25) is 5.02 Å². The molecule has 4 heterocycles. The molecule has 5 heteroatoms.